The molecular weight excluding hydrogens is 416 g/mol. The van der Waals surface area contributed by atoms with Crippen molar-refractivity contribution < 1.29 is 18.0 Å². The Morgan fingerprint density at radius 1 is 0.968 bits per heavy atom. The van der Waals surface area contributed by atoms with Gasteiger partial charge in [-0.05, 0) is 37.3 Å². The van der Waals surface area contributed by atoms with E-state index in [1.54, 1.807) is 24.0 Å². The highest BCUT2D eigenvalue weighted by Gasteiger charge is 2.29. The molecule has 2 heterocycles. The third-order valence-electron chi connectivity index (χ3n) is 5.42. The van der Waals surface area contributed by atoms with E-state index in [4.69, 9.17) is 0 Å². The minimum absolute atomic E-state index is 0.440. The molecule has 2 aromatic carbocycles. The van der Waals surface area contributed by atoms with Crippen LogP contribution in [0.25, 0.3) is 10.9 Å². The second-order valence-electron chi connectivity index (χ2n) is 7.70. The van der Waals surface area contributed by atoms with Crippen LogP contribution < -0.4 is 9.62 Å². The topological polar surface area (TPSA) is 103 Å². The van der Waals surface area contributed by atoms with E-state index >= 15 is 0 Å². The molecule has 0 saturated carbocycles. The number of anilines is 2. The Labute approximate surface area is 180 Å². The Hall–Kier alpha value is -3.33. The number of aromatic amines is 1. The molecule has 0 spiro atoms. The zero-order valence-electron chi connectivity index (χ0n) is 17.4. The van der Waals surface area contributed by atoms with Gasteiger partial charge in [-0.25, -0.2) is 8.42 Å². The van der Waals surface area contributed by atoms with Crippen LogP contribution in [0.5, 0.6) is 0 Å². The lowest BCUT2D eigenvalue weighted by Crippen LogP contribution is -2.50. The summed E-state index contributed by atoms with van der Waals surface area (Å²) in [6.45, 7) is 3.86. The van der Waals surface area contributed by atoms with Crippen LogP contribution in [-0.4, -0.2) is 62.4 Å². The van der Waals surface area contributed by atoms with Gasteiger partial charge in [0.15, 0.2) is 0 Å². The number of rotatable bonds is 5. The first kappa shape index (κ1) is 20.9. The lowest BCUT2D eigenvalue weighted by atomic mass is 10.1. The Balaban J connectivity index is 1.42. The predicted molar refractivity (Wildman–Crippen MR) is 121 cm³/mol. The first-order valence-corrected chi connectivity index (χ1v) is 11.9. The van der Waals surface area contributed by atoms with Crippen molar-refractivity contribution in [1.82, 2.24) is 9.88 Å². The van der Waals surface area contributed by atoms with Crippen molar-refractivity contribution in [3.05, 3.63) is 59.8 Å². The number of piperazine rings is 1. The summed E-state index contributed by atoms with van der Waals surface area (Å²) in [5.41, 5.74) is 3.41. The van der Waals surface area contributed by atoms with Gasteiger partial charge in [-0.2, -0.15) is 0 Å². The van der Waals surface area contributed by atoms with E-state index in [1.807, 2.05) is 36.4 Å². The number of nitrogens with one attached hydrogen (secondary N) is 2. The van der Waals surface area contributed by atoms with E-state index in [1.165, 1.54) is 0 Å². The highest BCUT2D eigenvalue weighted by atomic mass is 32.2. The van der Waals surface area contributed by atoms with Crippen molar-refractivity contribution in [3.63, 3.8) is 0 Å². The molecule has 31 heavy (non-hydrogen) atoms. The van der Waals surface area contributed by atoms with Crippen molar-refractivity contribution in [2.75, 3.05) is 42.1 Å². The van der Waals surface area contributed by atoms with Crippen LogP contribution in [0.4, 0.5) is 11.4 Å². The van der Waals surface area contributed by atoms with Crippen LogP contribution in [0, 0.1) is 6.92 Å². The van der Waals surface area contributed by atoms with Gasteiger partial charge in [0.05, 0.1) is 11.8 Å². The minimum Gasteiger partial charge on any atom is -0.368 e. The van der Waals surface area contributed by atoms with Crippen LogP contribution in [0.3, 0.4) is 0 Å². The van der Waals surface area contributed by atoms with Gasteiger partial charge in [-0.3, -0.25) is 14.3 Å². The van der Waals surface area contributed by atoms with E-state index in [2.05, 4.69) is 14.6 Å². The first-order chi connectivity index (χ1) is 14.7. The second-order valence-corrected chi connectivity index (χ2v) is 9.45. The number of amides is 1. The van der Waals surface area contributed by atoms with Crippen molar-refractivity contribution in [3.8, 4) is 0 Å². The highest BCUT2D eigenvalue weighted by Crippen LogP contribution is 2.24. The number of sulfonamides is 1. The lowest BCUT2D eigenvalue weighted by Gasteiger charge is -2.35. The molecule has 1 aliphatic rings. The van der Waals surface area contributed by atoms with Gasteiger partial charge < -0.3 is 14.8 Å². The smallest absolute Gasteiger partial charge is 0.295 e. The standard InChI is InChI=1S/C22H24N4O4S/c1-15-20(18-5-3-4-6-19(18)23-15)21(27)22(28)26-13-11-25(12-14-26)17-9-7-16(8-10-17)24-31(2,29)30/h3-10,23-24H,11-14H2,1-2H3. The molecule has 3 aromatic rings. The summed E-state index contributed by atoms with van der Waals surface area (Å²) in [5, 5.41) is 0.764. The van der Waals surface area contributed by atoms with Crippen LogP contribution in [0.1, 0.15) is 16.1 Å². The molecule has 1 amide bonds. The molecule has 0 bridgehead atoms. The first-order valence-electron chi connectivity index (χ1n) is 9.96. The fourth-order valence-corrected chi connectivity index (χ4v) is 4.51. The van der Waals surface area contributed by atoms with Crippen LogP contribution in [0.2, 0.25) is 0 Å². The number of para-hydroxylation sites is 1. The Kier molecular flexibility index (Phi) is 5.45. The molecule has 9 heteroatoms. The number of hydrogen-bond acceptors (Lipinski definition) is 5. The zero-order chi connectivity index (χ0) is 22.2. The van der Waals surface area contributed by atoms with Crippen molar-refractivity contribution in [2.45, 2.75) is 6.92 Å². The van der Waals surface area contributed by atoms with E-state index < -0.39 is 21.7 Å². The van der Waals surface area contributed by atoms with Gasteiger partial charge in [0.1, 0.15) is 0 Å². The lowest BCUT2D eigenvalue weighted by molar-refractivity contribution is -0.126. The number of aromatic nitrogens is 1. The van der Waals surface area contributed by atoms with Gasteiger partial charge in [0.2, 0.25) is 10.0 Å². The molecule has 8 nitrogen and oxygen atoms in total. The summed E-state index contributed by atoms with van der Waals surface area (Å²) in [4.78, 5) is 32.7. The number of carbonyl (C=O) groups excluding carboxylic acids is 2. The van der Waals surface area contributed by atoms with Crippen molar-refractivity contribution in [2.24, 2.45) is 0 Å². The molecule has 4 rings (SSSR count). The Morgan fingerprint density at radius 2 is 1.61 bits per heavy atom. The van der Waals surface area contributed by atoms with E-state index in [0.717, 1.165) is 22.8 Å². The summed E-state index contributed by atoms with van der Waals surface area (Å²) >= 11 is 0. The number of hydrogen-bond donors (Lipinski definition) is 2. The van der Waals surface area contributed by atoms with E-state index in [9.17, 15) is 18.0 Å². The number of nitrogens with zero attached hydrogens (tertiary/aromatic N) is 2. The molecule has 0 unspecified atom stereocenters. The van der Waals surface area contributed by atoms with Crippen LogP contribution in [0.15, 0.2) is 48.5 Å². The SMILES string of the molecule is Cc1[nH]c2ccccc2c1C(=O)C(=O)N1CCN(c2ccc(NS(C)(=O)=O)cc2)CC1. The number of fused-ring (bicyclic) bond motifs is 1. The summed E-state index contributed by atoms with van der Waals surface area (Å²) < 4.78 is 25.1. The molecule has 162 valence electrons. The third kappa shape index (κ3) is 4.41. The second kappa shape index (κ2) is 8.07. The molecule has 1 saturated heterocycles. The number of Topliss-reactive ketones (excluding diaryl/α,β-unsaturated/α-hetero) is 1. The van der Waals surface area contributed by atoms with E-state index in [0.29, 0.717) is 43.1 Å². The number of aryl methyl sites for hydroxylation is 1. The number of carbonyl (C=O) groups is 2. The van der Waals surface area contributed by atoms with Gasteiger partial charge in [0, 0.05) is 54.2 Å². The summed E-state index contributed by atoms with van der Waals surface area (Å²) in [6.07, 6.45) is 1.11. The summed E-state index contributed by atoms with van der Waals surface area (Å²) in [5.74, 6) is -0.972. The van der Waals surface area contributed by atoms with Crippen molar-refractivity contribution >= 4 is 44.0 Å². The monoisotopic (exact) mass is 440 g/mol. The van der Waals surface area contributed by atoms with Crippen LogP contribution in [-0.2, 0) is 14.8 Å². The zero-order valence-corrected chi connectivity index (χ0v) is 18.2. The molecule has 0 atom stereocenters. The maximum Gasteiger partial charge on any atom is 0.295 e. The number of benzene rings is 2. The average molecular weight is 441 g/mol. The molecule has 1 fully saturated rings. The summed E-state index contributed by atoms with van der Waals surface area (Å²) in [7, 11) is -3.32. The molecule has 0 aliphatic carbocycles. The van der Waals surface area contributed by atoms with Gasteiger partial charge in [0.25, 0.3) is 11.7 Å². The minimum atomic E-state index is -3.32. The number of ketones is 1. The Morgan fingerprint density at radius 3 is 2.26 bits per heavy atom. The maximum atomic E-state index is 13.0. The largest absolute Gasteiger partial charge is 0.368 e. The Bertz CT molecular complexity index is 1240. The highest BCUT2D eigenvalue weighted by molar-refractivity contribution is 7.92. The van der Waals surface area contributed by atoms with Crippen LogP contribution >= 0.6 is 0 Å². The number of H-pyrrole nitrogens is 1. The predicted octanol–water partition coefficient (Wildman–Crippen LogP) is 2.38. The fraction of sp³-hybridized carbons (Fsp3) is 0.273. The molecular formula is C22H24N4O4S. The molecule has 1 aliphatic heterocycles. The van der Waals surface area contributed by atoms with E-state index in [-0.39, 0.29) is 0 Å². The van der Waals surface area contributed by atoms with Gasteiger partial charge in [-0.1, -0.05) is 18.2 Å². The molecule has 2 N–H and O–H groups in total. The molecule has 1 aromatic heterocycles. The normalized spacial score (nSPS) is 14.6. The molecule has 0 radical (unpaired) electrons. The third-order valence-corrected chi connectivity index (χ3v) is 6.02. The van der Waals surface area contributed by atoms with Crippen molar-refractivity contribution in [1.29, 1.82) is 0 Å². The average Bonchev–Trinajstić information content (AvgIpc) is 3.08. The maximum absolute atomic E-state index is 13.0. The quantitative estimate of drug-likeness (QED) is 0.468. The van der Waals surface area contributed by atoms with Gasteiger partial charge >= 0.3 is 0 Å². The fourth-order valence-electron chi connectivity index (χ4n) is 3.94. The summed E-state index contributed by atoms with van der Waals surface area (Å²) in [6, 6.07) is 14.6. The van der Waals surface area contributed by atoms with Gasteiger partial charge in [-0.15, -0.1) is 0 Å².